The standard InChI is InChI=1S/C18H19N3O3/c1-3-21-15-11-14(9-10-16(15)24-12(2)17(21)22)20-18(23)19-13-7-5-4-6-8-13/h4-12H,3H2,1-2H3,(H2,19,20,23). The molecular weight excluding hydrogens is 306 g/mol. The van der Waals surface area contributed by atoms with Crippen LogP contribution in [-0.4, -0.2) is 24.6 Å². The molecule has 2 aromatic carbocycles. The van der Waals surface area contributed by atoms with Gasteiger partial charge in [-0.25, -0.2) is 4.79 Å². The lowest BCUT2D eigenvalue weighted by Gasteiger charge is -2.32. The van der Waals surface area contributed by atoms with Crippen molar-refractivity contribution in [3.8, 4) is 5.75 Å². The van der Waals surface area contributed by atoms with Crippen LogP contribution in [0.1, 0.15) is 13.8 Å². The van der Waals surface area contributed by atoms with Crippen molar-refractivity contribution < 1.29 is 14.3 Å². The van der Waals surface area contributed by atoms with Crippen LogP contribution < -0.4 is 20.3 Å². The molecule has 0 saturated heterocycles. The first kappa shape index (κ1) is 15.9. The van der Waals surface area contributed by atoms with E-state index in [0.717, 1.165) is 0 Å². The van der Waals surface area contributed by atoms with E-state index in [-0.39, 0.29) is 11.9 Å². The van der Waals surface area contributed by atoms with Crippen molar-refractivity contribution >= 4 is 29.0 Å². The Balaban J connectivity index is 1.77. The molecule has 1 aliphatic rings. The van der Waals surface area contributed by atoms with E-state index in [1.165, 1.54) is 0 Å². The van der Waals surface area contributed by atoms with Crippen molar-refractivity contribution in [1.29, 1.82) is 0 Å². The van der Waals surface area contributed by atoms with Crippen LogP contribution in [0.5, 0.6) is 5.75 Å². The van der Waals surface area contributed by atoms with E-state index >= 15 is 0 Å². The molecular formula is C18H19N3O3. The topological polar surface area (TPSA) is 70.7 Å². The number of hydrogen-bond donors (Lipinski definition) is 2. The third-order valence-electron chi connectivity index (χ3n) is 3.77. The normalized spacial score (nSPS) is 16.2. The first-order valence-corrected chi connectivity index (χ1v) is 7.83. The van der Waals surface area contributed by atoms with Gasteiger partial charge in [0.1, 0.15) is 5.75 Å². The maximum absolute atomic E-state index is 12.2. The van der Waals surface area contributed by atoms with E-state index in [1.54, 1.807) is 42.2 Å². The zero-order valence-corrected chi connectivity index (χ0v) is 13.6. The SMILES string of the molecule is CCN1C(=O)C(C)Oc2ccc(NC(=O)Nc3ccccc3)cc21. The molecule has 2 N–H and O–H groups in total. The number of likely N-dealkylation sites (N-methyl/N-ethyl adjacent to an activating group) is 1. The van der Waals surface area contributed by atoms with Crippen molar-refractivity contribution in [3.63, 3.8) is 0 Å². The Morgan fingerprint density at radius 2 is 1.83 bits per heavy atom. The van der Waals surface area contributed by atoms with Crippen molar-refractivity contribution in [1.82, 2.24) is 0 Å². The summed E-state index contributed by atoms with van der Waals surface area (Å²) in [6.45, 7) is 4.18. The summed E-state index contributed by atoms with van der Waals surface area (Å²) in [5.74, 6) is 0.550. The predicted octanol–water partition coefficient (Wildman–Crippen LogP) is 3.46. The molecule has 1 unspecified atom stereocenters. The van der Waals surface area contributed by atoms with Gasteiger partial charge in [0.15, 0.2) is 6.10 Å². The molecule has 1 aliphatic heterocycles. The summed E-state index contributed by atoms with van der Waals surface area (Å²) in [4.78, 5) is 25.9. The minimum Gasteiger partial charge on any atom is -0.479 e. The Hall–Kier alpha value is -3.02. The van der Waals surface area contributed by atoms with Gasteiger partial charge in [0.05, 0.1) is 5.69 Å². The zero-order chi connectivity index (χ0) is 17.1. The number of anilines is 3. The number of hydrogen-bond acceptors (Lipinski definition) is 3. The number of nitrogens with one attached hydrogen (secondary N) is 2. The quantitative estimate of drug-likeness (QED) is 0.908. The maximum Gasteiger partial charge on any atom is 0.323 e. The second-order valence-electron chi connectivity index (χ2n) is 5.47. The zero-order valence-electron chi connectivity index (χ0n) is 13.6. The van der Waals surface area contributed by atoms with Crippen LogP contribution in [-0.2, 0) is 4.79 Å². The minimum absolute atomic E-state index is 0.0871. The fraction of sp³-hybridized carbons (Fsp3) is 0.222. The number of fused-ring (bicyclic) bond motifs is 1. The van der Waals surface area contributed by atoms with Crippen LogP contribution in [0.2, 0.25) is 0 Å². The number of carbonyl (C=O) groups excluding carboxylic acids is 2. The highest BCUT2D eigenvalue weighted by molar-refractivity contribution is 6.03. The van der Waals surface area contributed by atoms with E-state index in [1.807, 2.05) is 25.1 Å². The molecule has 6 heteroatoms. The summed E-state index contributed by atoms with van der Waals surface area (Å²) in [7, 11) is 0. The summed E-state index contributed by atoms with van der Waals surface area (Å²) in [6, 6.07) is 14.1. The first-order valence-electron chi connectivity index (χ1n) is 7.83. The summed E-state index contributed by atoms with van der Waals surface area (Å²) >= 11 is 0. The van der Waals surface area contributed by atoms with E-state index in [0.29, 0.717) is 29.4 Å². The highest BCUT2D eigenvalue weighted by Crippen LogP contribution is 2.36. The minimum atomic E-state index is -0.502. The van der Waals surface area contributed by atoms with Gasteiger partial charge in [0.25, 0.3) is 5.91 Å². The highest BCUT2D eigenvalue weighted by Gasteiger charge is 2.30. The second kappa shape index (κ2) is 6.62. The largest absolute Gasteiger partial charge is 0.479 e. The number of para-hydroxylation sites is 1. The lowest BCUT2D eigenvalue weighted by molar-refractivity contribution is -0.125. The van der Waals surface area contributed by atoms with Crippen molar-refractivity contribution in [3.05, 3.63) is 48.5 Å². The van der Waals surface area contributed by atoms with E-state index < -0.39 is 6.10 Å². The maximum atomic E-state index is 12.2. The highest BCUT2D eigenvalue weighted by atomic mass is 16.5. The Kier molecular flexibility index (Phi) is 4.37. The van der Waals surface area contributed by atoms with Gasteiger partial charge in [0, 0.05) is 17.9 Å². The average Bonchev–Trinajstić information content (AvgIpc) is 2.57. The van der Waals surface area contributed by atoms with Crippen LogP contribution in [0.3, 0.4) is 0 Å². The molecule has 0 aliphatic carbocycles. The monoisotopic (exact) mass is 325 g/mol. The molecule has 0 saturated carbocycles. The van der Waals surface area contributed by atoms with Crippen molar-refractivity contribution in [2.45, 2.75) is 20.0 Å². The molecule has 124 valence electrons. The molecule has 0 fully saturated rings. The Morgan fingerprint density at radius 3 is 2.54 bits per heavy atom. The van der Waals surface area contributed by atoms with Crippen LogP contribution in [0.15, 0.2) is 48.5 Å². The Labute approximate surface area is 140 Å². The molecule has 24 heavy (non-hydrogen) atoms. The molecule has 3 rings (SSSR count). The molecule has 0 spiro atoms. The van der Waals surface area contributed by atoms with Gasteiger partial charge < -0.3 is 20.3 Å². The molecule has 0 aromatic heterocycles. The van der Waals surface area contributed by atoms with Crippen LogP contribution >= 0.6 is 0 Å². The second-order valence-corrected chi connectivity index (χ2v) is 5.47. The summed E-state index contributed by atoms with van der Waals surface area (Å²) in [5, 5.41) is 5.52. The van der Waals surface area contributed by atoms with Gasteiger partial charge in [-0.2, -0.15) is 0 Å². The molecule has 1 atom stereocenters. The molecule has 3 amide bonds. The average molecular weight is 325 g/mol. The Bertz CT molecular complexity index is 761. The van der Waals surface area contributed by atoms with Crippen LogP contribution in [0, 0.1) is 0 Å². The van der Waals surface area contributed by atoms with Gasteiger partial charge in [-0.05, 0) is 44.2 Å². The number of urea groups is 1. The lowest BCUT2D eigenvalue weighted by atomic mass is 10.1. The summed E-state index contributed by atoms with van der Waals surface area (Å²) in [6.07, 6.45) is -0.502. The lowest BCUT2D eigenvalue weighted by Crippen LogP contribution is -2.44. The van der Waals surface area contributed by atoms with Crippen LogP contribution in [0.25, 0.3) is 0 Å². The third kappa shape index (κ3) is 3.17. The van der Waals surface area contributed by atoms with E-state index in [9.17, 15) is 9.59 Å². The fourth-order valence-electron chi connectivity index (χ4n) is 2.63. The van der Waals surface area contributed by atoms with Gasteiger partial charge >= 0.3 is 6.03 Å². The Morgan fingerprint density at radius 1 is 1.12 bits per heavy atom. The number of carbonyl (C=O) groups is 2. The summed E-state index contributed by atoms with van der Waals surface area (Å²) < 4.78 is 5.61. The van der Waals surface area contributed by atoms with E-state index in [2.05, 4.69) is 10.6 Å². The van der Waals surface area contributed by atoms with Crippen molar-refractivity contribution in [2.24, 2.45) is 0 Å². The van der Waals surface area contributed by atoms with Gasteiger partial charge in [0.2, 0.25) is 0 Å². The van der Waals surface area contributed by atoms with Gasteiger partial charge in [-0.3, -0.25) is 4.79 Å². The number of benzene rings is 2. The summed E-state index contributed by atoms with van der Waals surface area (Å²) in [5.41, 5.74) is 1.96. The number of nitrogens with zero attached hydrogens (tertiary/aromatic N) is 1. The van der Waals surface area contributed by atoms with Gasteiger partial charge in [-0.15, -0.1) is 0 Å². The molecule has 2 aromatic rings. The predicted molar refractivity (Wildman–Crippen MR) is 93.6 cm³/mol. The number of amides is 3. The van der Waals surface area contributed by atoms with E-state index in [4.69, 9.17) is 4.74 Å². The molecule has 1 heterocycles. The number of ether oxygens (including phenoxy) is 1. The third-order valence-corrected chi connectivity index (χ3v) is 3.77. The molecule has 0 radical (unpaired) electrons. The van der Waals surface area contributed by atoms with Crippen molar-refractivity contribution in [2.75, 3.05) is 22.1 Å². The molecule has 0 bridgehead atoms. The number of rotatable bonds is 3. The first-order chi connectivity index (χ1) is 11.6. The fourth-order valence-corrected chi connectivity index (χ4v) is 2.63. The molecule has 6 nitrogen and oxygen atoms in total. The van der Waals surface area contributed by atoms with Crippen LogP contribution in [0.4, 0.5) is 21.9 Å². The smallest absolute Gasteiger partial charge is 0.323 e. The van der Waals surface area contributed by atoms with Gasteiger partial charge in [-0.1, -0.05) is 18.2 Å².